The van der Waals surface area contributed by atoms with Crippen molar-refractivity contribution < 1.29 is 36.2 Å². The van der Waals surface area contributed by atoms with E-state index in [1.54, 1.807) is 18.9 Å². The number of carbonyl (C=O) groups excluding carboxylic acids is 1. The number of hydrogen-bond donors (Lipinski definition) is 2. The number of nitrogens with zero attached hydrogens (tertiary/aromatic N) is 6. The van der Waals surface area contributed by atoms with Crippen molar-refractivity contribution in [3.8, 4) is 23.1 Å². The van der Waals surface area contributed by atoms with Gasteiger partial charge in [0.15, 0.2) is 5.82 Å². The molecular formula is C30H33F5N8O3. The molecule has 3 saturated heterocycles. The van der Waals surface area contributed by atoms with Crippen molar-refractivity contribution in [1.82, 2.24) is 30.1 Å². The number of nitrogens with one attached hydrogen (secondary N) is 1. The van der Waals surface area contributed by atoms with Crippen molar-refractivity contribution in [3.63, 3.8) is 0 Å². The van der Waals surface area contributed by atoms with Crippen molar-refractivity contribution in [2.75, 3.05) is 57.0 Å². The van der Waals surface area contributed by atoms with Crippen molar-refractivity contribution in [2.45, 2.75) is 57.1 Å². The highest BCUT2D eigenvalue weighted by molar-refractivity contribution is 5.97. The zero-order valence-corrected chi connectivity index (χ0v) is 25.4. The summed E-state index contributed by atoms with van der Waals surface area (Å²) in [7, 11) is 1.78. The zero-order chi connectivity index (χ0) is 32.7. The fraction of sp³-hybridized carbons (Fsp3) is 0.533. The topological polar surface area (TPSA) is 122 Å². The highest BCUT2D eigenvalue weighted by Gasteiger charge is 2.42. The summed E-state index contributed by atoms with van der Waals surface area (Å²) >= 11 is 0. The summed E-state index contributed by atoms with van der Waals surface area (Å²) < 4.78 is 86.5. The number of halogens is 5. The first-order valence-corrected chi connectivity index (χ1v) is 15.2. The van der Waals surface area contributed by atoms with Crippen LogP contribution in [-0.4, -0.2) is 101 Å². The van der Waals surface area contributed by atoms with Crippen LogP contribution in [0.1, 0.15) is 30.9 Å². The van der Waals surface area contributed by atoms with Gasteiger partial charge in [0.2, 0.25) is 11.8 Å². The number of alkyl halides is 3. The predicted molar refractivity (Wildman–Crippen MR) is 158 cm³/mol. The number of amides is 1. The molecule has 0 bridgehead atoms. The first-order chi connectivity index (χ1) is 21.8. The van der Waals surface area contributed by atoms with Crippen LogP contribution in [0.5, 0.6) is 11.9 Å². The number of ether oxygens (including phenoxy) is 2. The molecule has 3 aromatic rings. The van der Waals surface area contributed by atoms with Gasteiger partial charge < -0.3 is 30.3 Å². The molecule has 0 saturated carbocycles. The second kappa shape index (κ2) is 11.0. The quantitative estimate of drug-likeness (QED) is 0.323. The van der Waals surface area contributed by atoms with Crippen LogP contribution >= 0.6 is 0 Å². The van der Waals surface area contributed by atoms with Crippen LogP contribution in [0.4, 0.5) is 33.5 Å². The lowest BCUT2D eigenvalue weighted by molar-refractivity contribution is -0.138. The standard InChI is InChI=1S/C30H33F5N8O3/c1-13-22(30(33,34)35)17(8-18(36)23(13)31)25-24(32)26-21-27(42-7-6-37-9-19(42)14(2)46-28(21)38-25)40-29(39-26)45-12-16-5-4-15-10-41(3)20(44)11-43(15)16/h8,14-16,19,37H,4-7,9-12,36H2,1-3H3/t14-,15?,16?,19-/m0/s1. The van der Waals surface area contributed by atoms with E-state index >= 15 is 4.39 Å². The first-order valence-electron chi connectivity index (χ1n) is 15.2. The molecule has 7 rings (SSSR count). The normalized spacial score (nSPS) is 24.9. The molecule has 3 N–H and O–H groups in total. The van der Waals surface area contributed by atoms with E-state index in [9.17, 15) is 22.4 Å². The number of fused-ring (bicyclic) bond motifs is 3. The molecule has 16 heteroatoms. The molecule has 1 amide bonds. The van der Waals surface area contributed by atoms with Gasteiger partial charge in [-0.3, -0.25) is 9.69 Å². The van der Waals surface area contributed by atoms with E-state index in [0.29, 0.717) is 26.2 Å². The average molecular weight is 649 g/mol. The van der Waals surface area contributed by atoms with Crippen molar-refractivity contribution in [1.29, 1.82) is 0 Å². The molecule has 1 aromatic carbocycles. The smallest absolute Gasteiger partial charge is 0.417 e. The highest BCUT2D eigenvalue weighted by atomic mass is 19.4. The molecule has 11 nitrogen and oxygen atoms in total. The number of nitrogen functional groups attached to an aromatic ring is 1. The number of benzene rings is 1. The van der Waals surface area contributed by atoms with E-state index in [1.807, 2.05) is 4.90 Å². The highest BCUT2D eigenvalue weighted by Crippen LogP contribution is 2.46. The molecule has 4 atom stereocenters. The van der Waals surface area contributed by atoms with E-state index in [-0.39, 0.29) is 65.8 Å². The minimum Gasteiger partial charge on any atom is -0.472 e. The third kappa shape index (κ3) is 4.92. The Morgan fingerprint density at radius 1 is 1.17 bits per heavy atom. The van der Waals surface area contributed by atoms with Gasteiger partial charge in [-0.25, -0.2) is 13.8 Å². The van der Waals surface area contributed by atoms with Crippen LogP contribution in [0, 0.1) is 18.6 Å². The van der Waals surface area contributed by atoms with Crippen LogP contribution in [0.25, 0.3) is 22.2 Å². The van der Waals surface area contributed by atoms with Gasteiger partial charge in [0.05, 0.1) is 23.8 Å². The van der Waals surface area contributed by atoms with E-state index in [1.165, 1.54) is 0 Å². The number of anilines is 2. The van der Waals surface area contributed by atoms with E-state index in [2.05, 4.69) is 25.2 Å². The van der Waals surface area contributed by atoms with Gasteiger partial charge in [-0.1, -0.05) is 0 Å². The fourth-order valence-electron chi connectivity index (χ4n) is 7.19. The van der Waals surface area contributed by atoms with Gasteiger partial charge in [0, 0.05) is 50.9 Å². The van der Waals surface area contributed by atoms with Gasteiger partial charge in [0.1, 0.15) is 40.9 Å². The third-order valence-electron chi connectivity index (χ3n) is 9.58. The third-order valence-corrected chi connectivity index (χ3v) is 9.58. The molecular weight excluding hydrogens is 615 g/mol. The predicted octanol–water partition coefficient (Wildman–Crippen LogP) is 3.12. The minimum absolute atomic E-state index is 0.00850. The summed E-state index contributed by atoms with van der Waals surface area (Å²) in [5, 5.41) is 3.39. The molecule has 2 aromatic heterocycles. The number of rotatable bonds is 4. The van der Waals surface area contributed by atoms with Gasteiger partial charge in [-0.15, -0.1) is 0 Å². The molecule has 6 heterocycles. The Hall–Kier alpha value is -4.05. The fourth-order valence-corrected chi connectivity index (χ4v) is 7.19. The Bertz CT molecular complexity index is 1740. The summed E-state index contributed by atoms with van der Waals surface area (Å²) in [6.07, 6.45) is -3.94. The Kier molecular flexibility index (Phi) is 7.34. The van der Waals surface area contributed by atoms with Crippen molar-refractivity contribution in [2.24, 2.45) is 0 Å². The second-order valence-corrected chi connectivity index (χ2v) is 12.4. The van der Waals surface area contributed by atoms with Gasteiger partial charge >= 0.3 is 12.2 Å². The molecule has 4 aliphatic rings. The lowest BCUT2D eigenvalue weighted by atomic mass is 9.96. The molecule has 4 aliphatic heterocycles. The molecule has 0 aliphatic carbocycles. The Labute approximate surface area is 260 Å². The number of likely N-dealkylation sites (N-methyl/N-ethyl adjacent to an activating group) is 1. The van der Waals surface area contributed by atoms with E-state index < -0.39 is 52.0 Å². The van der Waals surface area contributed by atoms with Crippen molar-refractivity contribution >= 4 is 28.3 Å². The van der Waals surface area contributed by atoms with Gasteiger partial charge in [0.25, 0.3) is 0 Å². The maximum absolute atomic E-state index is 16.6. The zero-order valence-electron chi connectivity index (χ0n) is 25.4. The molecule has 246 valence electrons. The molecule has 2 unspecified atom stereocenters. The Morgan fingerprint density at radius 2 is 1.96 bits per heavy atom. The van der Waals surface area contributed by atoms with Gasteiger partial charge in [-0.2, -0.15) is 23.1 Å². The second-order valence-electron chi connectivity index (χ2n) is 12.4. The van der Waals surface area contributed by atoms with Crippen LogP contribution in [0.2, 0.25) is 0 Å². The minimum atomic E-state index is -5.06. The lowest BCUT2D eigenvalue weighted by Crippen LogP contribution is -2.56. The Balaban J connectivity index is 1.37. The summed E-state index contributed by atoms with van der Waals surface area (Å²) in [6, 6.07) is 0.370. The average Bonchev–Trinajstić information content (AvgIpc) is 3.34. The molecule has 0 radical (unpaired) electrons. The Morgan fingerprint density at radius 3 is 2.72 bits per heavy atom. The van der Waals surface area contributed by atoms with E-state index in [4.69, 9.17) is 15.2 Å². The van der Waals surface area contributed by atoms with E-state index in [0.717, 1.165) is 25.8 Å². The molecule has 0 spiro atoms. The largest absolute Gasteiger partial charge is 0.472 e. The van der Waals surface area contributed by atoms with Crippen LogP contribution in [-0.2, 0) is 11.0 Å². The maximum Gasteiger partial charge on any atom is 0.417 e. The summed E-state index contributed by atoms with van der Waals surface area (Å²) in [4.78, 5) is 31.5. The van der Waals surface area contributed by atoms with Gasteiger partial charge in [-0.05, 0) is 38.3 Å². The summed E-state index contributed by atoms with van der Waals surface area (Å²) in [5.41, 5.74) is 1.15. The summed E-state index contributed by atoms with van der Waals surface area (Å²) in [5.74, 6) is -2.29. The van der Waals surface area contributed by atoms with Crippen LogP contribution in [0.15, 0.2) is 6.07 Å². The number of pyridine rings is 1. The number of hydrogen-bond acceptors (Lipinski definition) is 10. The number of piperazine rings is 2. The first kappa shape index (κ1) is 30.6. The van der Waals surface area contributed by atoms with Crippen LogP contribution in [0.3, 0.4) is 0 Å². The molecule has 46 heavy (non-hydrogen) atoms. The monoisotopic (exact) mass is 648 g/mol. The molecule has 3 fully saturated rings. The lowest BCUT2D eigenvalue weighted by Gasteiger charge is -2.38. The maximum atomic E-state index is 16.6. The SMILES string of the molecule is Cc1c(F)c(N)cc(-c2nc3c4c(nc(OCC5CCC6CN(C)C(=O)CN56)nc4c2F)N2CCNC[C@H]2[C@H](C)O3)c1C(F)(F)F. The number of carbonyl (C=O) groups is 1. The number of aromatic nitrogens is 3. The van der Waals surface area contributed by atoms with Crippen molar-refractivity contribution in [3.05, 3.63) is 28.8 Å². The summed E-state index contributed by atoms with van der Waals surface area (Å²) in [6.45, 7) is 5.28. The van der Waals surface area contributed by atoms with Crippen LogP contribution < -0.4 is 25.4 Å². The number of nitrogens with two attached hydrogens (primary N) is 1.